The zero-order valence-electron chi connectivity index (χ0n) is 14.5. The van der Waals surface area contributed by atoms with Gasteiger partial charge in [0, 0.05) is 35.0 Å². The fraction of sp³-hybridized carbons (Fsp3) is 0.278. The van der Waals surface area contributed by atoms with E-state index < -0.39 is 10.4 Å². The number of hydrogen-bond donors (Lipinski definition) is 2. The average molecular weight is 362 g/mol. The molecule has 0 atom stereocenters. The van der Waals surface area contributed by atoms with Gasteiger partial charge in [-0.2, -0.15) is 8.42 Å². The van der Waals surface area contributed by atoms with E-state index in [0.717, 1.165) is 18.7 Å². The maximum Gasteiger partial charge on any atom is 0.394 e. The Morgan fingerprint density at radius 3 is 2.28 bits per heavy atom. The second kappa shape index (κ2) is 7.77. The Hall–Kier alpha value is -2.22. The van der Waals surface area contributed by atoms with E-state index in [1.807, 2.05) is 13.1 Å². The van der Waals surface area contributed by atoms with E-state index in [0.29, 0.717) is 0 Å². The zero-order chi connectivity index (χ0) is 18.6. The Kier molecular flexibility index (Phi) is 5.94. The Morgan fingerprint density at radius 2 is 1.68 bits per heavy atom. The summed E-state index contributed by atoms with van der Waals surface area (Å²) >= 11 is 0. The summed E-state index contributed by atoms with van der Waals surface area (Å²) in [5.41, 5.74) is 6.47. The SMILES string of the molecule is Cc1ccc(CCn2c(C)c(C)c3ccccc32)cn1.O=S(=O)(O)O. The molecule has 0 aliphatic carbocycles. The molecule has 3 aromatic rings. The second-order valence-electron chi connectivity index (χ2n) is 5.88. The predicted molar refractivity (Wildman–Crippen MR) is 98.3 cm³/mol. The van der Waals surface area contributed by atoms with Gasteiger partial charge in [-0.15, -0.1) is 0 Å². The normalized spacial score (nSPS) is 11.2. The van der Waals surface area contributed by atoms with E-state index in [-0.39, 0.29) is 0 Å². The lowest BCUT2D eigenvalue weighted by molar-refractivity contribution is 0.381. The van der Waals surface area contributed by atoms with Gasteiger partial charge >= 0.3 is 10.4 Å². The third-order valence-electron chi connectivity index (χ3n) is 4.14. The lowest BCUT2D eigenvalue weighted by atomic mass is 10.2. The molecular weight excluding hydrogens is 340 g/mol. The fourth-order valence-corrected chi connectivity index (χ4v) is 2.78. The molecular formula is C18H22N2O4S. The van der Waals surface area contributed by atoms with Crippen molar-refractivity contribution < 1.29 is 17.5 Å². The van der Waals surface area contributed by atoms with Gasteiger partial charge in [0.2, 0.25) is 0 Å². The predicted octanol–water partition coefficient (Wildman–Crippen LogP) is 3.55. The van der Waals surface area contributed by atoms with Gasteiger partial charge in [0.15, 0.2) is 0 Å². The molecule has 0 fully saturated rings. The molecule has 2 N–H and O–H groups in total. The van der Waals surface area contributed by atoms with Crippen LogP contribution in [0.5, 0.6) is 0 Å². The lowest BCUT2D eigenvalue weighted by Gasteiger charge is -2.08. The minimum atomic E-state index is -4.67. The van der Waals surface area contributed by atoms with Crippen molar-refractivity contribution in [2.45, 2.75) is 33.7 Å². The highest BCUT2D eigenvalue weighted by atomic mass is 32.3. The molecule has 1 aromatic carbocycles. The van der Waals surface area contributed by atoms with Gasteiger partial charge in [0.1, 0.15) is 0 Å². The Bertz CT molecular complexity index is 953. The van der Waals surface area contributed by atoms with Crippen molar-refractivity contribution in [3.8, 4) is 0 Å². The quantitative estimate of drug-likeness (QED) is 0.695. The molecule has 0 bridgehead atoms. The van der Waals surface area contributed by atoms with Crippen LogP contribution in [-0.2, 0) is 23.4 Å². The molecule has 0 aliphatic heterocycles. The first-order chi connectivity index (χ1) is 11.7. The van der Waals surface area contributed by atoms with Crippen molar-refractivity contribution in [3.63, 3.8) is 0 Å². The number of rotatable bonds is 3. The molecule has 0 unspecified atom stereocenters. The maximum atomic E-state index is 8.74. The Morgan fingerprint density at radius 1 is 1.04 bits per heavy atom. The van der Waals surface area contributed by atoms with Crippen LogP contribution in [0.1, 0.15) is 22.5 Å². The lowest BCUT2D eigenvalue weighted by Crippen LogP contribution is -2.03. The molecule has 6 nitrogen and oxygen atoms in total. The molecule has 0 saturated heterocycles. The van der Waals surface area contributed by atoms with Crippen molar-refractivity contribution in [1.82, 2.24) is 9.55 Å². The van der Waals surface area contributed by atoms with Crippen LogP contribution in [0.3, 0.4) is 0 Å². The van der Waals surface area contributed by atoms with Crippen LogP contribution in [0, 0.1) is 20.8 Å². The van der Waals surface area contributed by atoms with Crippen LogP contribution in [0.2, 0.25) is 0 Å². The van der Waals surface area contributed by atoms with Crippen LogP contribution < -0.4 is 0 Å². The van der Waals surface area contributed by atoms with E-state index in [1.54, 1.807) is 0 Å². The van der Waals surface area contributed by atoms with Gasteiger partial charge in [-0.3, -0.25) is 14.1 Å². The van der Waals surface area contributed by atoms with Gasteiger partial charge in [0.25, 0.3) is 0 Å². The third kappa shape index (κ3) is 5.38. The van der Waals surface area contributed by atoms with E-state index >= 15 is 0 Å². The number of aromatic nitrogens is 2. The highest BCUT2D eigenvalue weighted by Crippen LogP contribution is 2.25. The highest BCUT2D eigenvalue weighted by Gasteiger charge is 2.09. The first kappa shape index (κ1) is 19.1. The van der Waals surface area contributed by atoms with Crippen LogP contribution >= 0.6 is 0 Å². The number of fused-ring (bicyclic) bond motifs is 1. The molecule has 0 aliphatic rings. The second-order valence-corrected chi connectivity index (χ2v) is 6.78. The minimum absolute atomic E-state index is 1.00. The zero-order valence-corrected chi connectivity index (χ0v) is 15.3. The molecule has 2 heterocycles. The maximum absolute atomic E-state index is 8.74. The summed E-state index contributed by atoms with van der Waals surface area (Å²) in [5, 5.41) is 1.37. The number of nitrogens with zero attached hydrogens (tertiary/aromatic N) is 2. The minimum Gasteiger partial charge on any atom is -0.344 e. The summed E-state index contributed by atoms with van der Waals surface area (Å²) in [6.45, 7) is 7.45. The van der Waals surface area contributed by atoms with Crippen molar-refractivity contribution in [3.05, 3.63) is 65.1 Å². The molecule has 0 amide bonds. The van der Waals surface area contributed by atoms with Crippen LogP contribution in [0.15, 0.2) is 42.6 Å². The molecule has 3 rings (SSSR count). The largest absolute Gasteiger partial charge is 0.394 e. The monoisotopic (exact) mass is 362 g/mol. The van der Waals surface area contributed by atoms with E-state index in [9.17, 15) is 0 Å². The van der Waals surface area contributed by atoms with Gasteiger partial charge in [0.05, 0.1) is 0 Å². The van der Waals surface area contributed by atoms with E-state index in [1.165, 1.54) is 27.7 Å². The van der Waals surface area contributed by atoms with Gasteiger partial charge in [-0.05, 0) is 50.5 Å². The summed E-state index contributed by atoms with van der Waals surface area (Å²) in [4.78, 5) is 4.37. The summed E-state index contributed by atoms with van der Waals surface area (Å²) in [6, 6.07) is 12.9. The molecule has 25 heavy (non-hydrogen) atoms. The Balaban J connectivity index is 0.000000399. The summed E-state index contributed by atoms with van der Waals surface area (Å²) < 4.78 is 34.0. The summed E-state index contributed by atoms with van der Waals surface area (Å²) in [6.07, 6.45) is 3.01. The molecule has 0 saturated carbocycles. The summed E-state index contributed by atoms with van der Waals surface area (Å²) in [5.74, 6) is 0. The van der Waals surface area contributed by atoms with Crippen LogP contribution in [0.25, 0.3) is 10.9 Å². The molecule has 0 spiro atoms. The number of pyridine rings is 1. The molecule has 134 valence electrons. The number of para-hydroxylation sites is 1. The van der Waals surface area contributed by atoms with Gasteiger partial charge in [-0.1, -0.05) is 24.3 Å². The first-order valence-corrected chi connectivity index (χ1v) is 9.22. The third-order valence-corrected chi connectivity index (χ3v) is 4.14. The van der Waals surface area contributed by atoms with Gasteiger partial charge in [-0.25, -0.2) is 0 Å². The van der Waals surface area contributed by atoms with E-state index in [2.05, 4.69) is 59.8 Å². The topological polar surface area (TPSA) is 92.4 Å². The van der Waals surface area contributed by atoms with Crippen molar-refractivity contribution in [1.29, 1.82) is 0 Å². The van der Waals surface area contributed by atoms with Gasteiger partial charge < -0.3 is 4.57 Å². The number of aryl methyl sites for hydroxylation is 4. The van der Waals surface area contributed by atoms with E-state index in [4.69, 9.17) is 17.5 Å². The van der Waals surface area contributed by atoms with Crippen LogP contribution in [0.4, 0.5) is 0 Å². The Labute approximate surface area is 147 Å². The number of hydrogen-bond acceptors (Lipinski definition) is 3. The van der Waals surface area contributed by atoms with Crippen molar-refractivity contribution in [2.24, 2.45) is 0 Å². The first-order valence-electron chi connectivity index (χ1n) is 7.82. The number of benzene rings is 1. The van der Waals surface area contributed by atoms with Crippen LogP contribution in [-0.4, -0.2) is 27.1 Å². The standard InChI is InChI=1S/C18H20N2.H2O4S/c1-13-8-9-16(12-19-13)10-11-20-15(3)14(2)17-6-4-5-7-18(17)20;1-5(2,3)4/h4-9,12H,10-11H2,1-3H3;(H2,1,2,3,4). The summed E-state index contributed by atoms with van der Waals surface area (Å²) in [7, 11) is -4.67. The smallest absolute Gasteiger partial charge is 0.344 e. The molecule has 7 heteroatoms. The average Bonchev–Trinajstić information content (AvgIpc) is 2.77. The van der Waals surface area contributed by atoms with Crippen molar-refractivity contribution >= 4 is 21.3 Å². The molecule has 2 aromatic heterocycles. The molecule has 0 radical (unpaired) electrons. The van der Waals surface area contributed by atoms with Crippen molar-refractivity contribution in [2.75, 3.05) is 0 Å². The fourth-order valence-electron chi connectivity index (χ4n) is 2.78. The highest BCUT2D eigenvalue weighted by molar-refractivity contribution is 7.79.